The van der Waals surface area contributed by atoms with Crippen LogP contribution in [0.25, 0.3) is 0 Å². The summed E-state index contributed by atoms with van der Waals surface area (Å²) in [4.78, 5) is 27.9. The molecule has 1 aromatic heterocycles. The number of ether oxygens (including phenoxy) is 1. The zero-order valence-corrected chi connectivity index (χ0v) is 14.7. The predicted molar refractivity (Wildman–Crippen MR) is 92.1 cm³/mol. The summed E-state index contributed by atoms with van der Waals surface area (Å²) in [5.74, 6) is -0.108. The van der Waals surface area contributed by atoms with Crippen molar-refractivity contribution in [1.82, 2.24) is 20.0 Å². The van der Waals surface area contributed by atoms with Crippen LogP contribution in [0.5, 0.6) is 0 Å². The highest BCUT2D eigenvalue weighted by molar-refractivity contribution is 5.90. The van der Waals surface area contributed by atoms with E-state index in [1.54, 1.807) is 6.07 Å². The Labute approximate surface area is 147 Å². The zero-order chi connectivity index (χ0) is 17.8. The average molecular weight is 349 g/mol. The zero-order valence-electron chi connectivity index (χ0n) is 14.7. The van der Waals surface area contributed by atoms with E-state index in [9.17, 15) is 9.59 Å². The van der Waals surface area contributed by atoms with Gasteiger partial charge in [-0.15, -0.1) is 0 Å². The lowest BCUT2D eigenvalue weighted by atomic mass is 9.94. The monoisotopic (exact) mass is 349 g/mol. The van der Waals surface area contributed by atoms with Crippen molar-refractivity contribution >= 4 is 11.8 Å². The van der Waals surface area contributed by atoms with Crippen molar-refractivity contribution in [3.63, 3.8) is 0 Å². The number of primary amides is 1. The predicted octanol–water partition coefficient (Wildman–Crippen LogP) is 0.325. The molecule has 3 heterocycles. The van der Waals surface area contributed by atoms with Crippen molar-refractivity contribution in [1.29, 1.82) is 0 Å². The normalized spacial score (nSPS) is 25.1. The molecule has 2 aliphatic heterocycles. The van der Waals surface area contributed by atoms with Crippen molar-refractivity contribution in [2.24, 2.45) is 5.73 Å². The average Bonchev–Trinajstić information content (AvgIpc) is 3.12. The Morgan fingerprint density at radius 2 is 2.24 bits per heavy atom. The number of hydrogen-bond acceptors (Lipinski definition) is 5. The fourth-order valence-electron chi connectivity index (χ4n) is 3.61. The van der Waals surface area contributed by atoms with Crippen LogP contribution in [0.15, 0.2) is 6.07 Å². The van der Waals surface area contributed by atoms with Gasteiger partial charge in [-0.05, 0) is 31.9 Å². The van der Waals surface area contributed by atoms with Crippen molar-refractivity contribution in [2.75, 3.05) is 39.3 Å². The molecule has 8 heteroatoms. The summed E-state index contributed by atoms with van der Waals surface area (Å²) in [5, 5.41) is 6.88. The minimum Gasteiger partial charge on any atom is -0.375 e. The first-order valence-electron chi connectivity index (χ1n) is 9.03. The first-order valence-corrected chi connectivity index (χ1v) is 9.03. The number of carbonyl (C=O) groups is 2. The van der Waals surface area contributed by atoms with Crippen LogP contribution >= 0.6 is 0 Å². The Morgan fingerprint density at radius 1 is 1.40 bits per heavy atom. The lowest BCUT2D eigenvalue weighted by molar-refractivity contribution is -0.140. The lowest BCUT2D eigenvalue weighted by Crippen LogP contribution is -2.50. The Hall–Kier alpha value is -1.93. The number of amides is 2. The van der Waals surface area contributed by atoms with Crippen LogP contribution in [-0.4, -0.2) is 77.2 Å². The number of nitrogens with two attached hydrogens (primary N) is 1. The summed E-state index contributed by atoms with van der Waals surface area (Å²) in [6.45, 7) is 6.21. The number of likely N-dealkylation sites (tertiary alicyclic amines) is 1. The van der Waals surface area contributed by atoms with E-state index in [1.807, 2.05) is 4.90 Å². The maximum atomic E-state index is 12.6. The van der Waals surface area contributed by atoms with E-state index < -0.39 is 5.91 Å². The van der Waals surface area contributed by atoms with Crippen molar-refractivity contribution in [3.8, 4) is 0 Å². The van der Waals surface area contributed by atoms with Crippen LogP contribution in [0.1, 0.15) is 48.3 Å². The molecule has 2 amide bonds. The van der Waals surface area contributed by atoms with E-state index in [0.717, 1.165) is 38.0 Å². The van der Waals surface area contributed by atoms with Gasteiger partial charge in [0.05, 0.1) is 19.3 Å². The molecule has 0 saturated carbocycles. The maximum absolute atomic E-state index is 12.6. The number of carbonyl (C=O) groups excluding carboxylic acids is 2. The SMILES string of the molecule is CC[C@H]1CN(C(=O)CN2CCC[C@@H](c3cc(C(N)=O)n[nH]3)C2)CCO1. The molecule has 0 aliphatic carbocycles. The van der Waals surface area contributed by atoms with Gasteiger partial charge in [0, 0.05) is 31.2 Å². The molecule has 8 nitrogen and oxygen atoms in total. The summed E-state index contributed by atoms with van der Waals surface area (Å²) < 4.78 is 5.64. The second kappa shape index (κ2) is 7.97. The number of hydrogen-bond donors (Lipinski definition) is 2. The molecule has 25 heavy (non-hydrogen) atoms. The smallest absolute Gasteiger partial charge is 0.269 e. The molecular formula is C17H27N5O3. The summed E-state index contributed by atoms with van der Waals surface area (Å²) >= 11 is 0. The molecule has 2 atom stereocenters. The van der Waals surface area contributed by atoms with Gasteiger partial charge in [-0.3, -0.25) is 19.6 Å². The van der Waals surface area contributed by atoms with Gasteiger partial charge in [0.1, 0.15) is 5.69 Å². The number of piperidine rings is 1. The van der Waals surface area contributed by atoms with Gasteiger partial charge in [0.2, 0.25) is 5.91 Å². The van der Waals surface area contributed by atoms with Crippen LogP contribution in [-0.2, 0) is 9.53 Å². The number of aromatic nitrogens is 2. The molecule has 0 radical (unpaired) electrons. The number of rotatable bonds is 5. The topological polar surface area (TPSA) is 105 Å². The van der Waals surface area contributed by atoms with Gasteiger partial charge in [0.25, 0.3) is 5.91 Å². The standard InChI is InChI=1S/C17H27N5O3/c1-2-13-10-22(6-7-25-13)16(23)11-21-5-3-4-12(9-21)14-8-15(17(18)24)20-19-14/h8,12-13H,2-7,9-11H2,1H3,(H2,18,24)(H,19,20)/t12-,13+/m1/s1. The van der Waals surface area contributed by atoms with Gasteiger partial charge >= 0.3 is 0 Å². The molecular weight excluding hydrogens is 322 g/mol. The Morgan fingerprint density at radius 3 is 2.96 bits per heavy atom. The van der Waals surface area contributed by atoms with Crippen LogP contribution in [0.2, 0.25) is 0 Å². The molecule has 3 rings (SSSR count). The minimum atomic E-state index is -0.525. The molecule has 2 saturated heterocycles. The highest BCUT2D eigenvalue weighted by atomic mass is 16.5. The quantitative estimate of drug-likeness (QED) is 0.797. The number of nitrogens with one attached hydrogen (secondary N) is 1. The maximum Gasteiger partial charge on any atom is 0.269 e. The van der Waals surface area contributed by atoms with Crippen molar-refractivity contribution < 1.29 is 14.3 Å². The van der Waals surface area contributed by atoms with E-state index in [0.29, 0.717) is 26.2 Å². The van der Waals surface area contributed by atoms with Crippen LogP contribution in [0.3, 0.4) is 0 Å². The number of nitrogens with zero attached hydrogens (tertiary/aromatic N) is 3. The molecule has 0 unspecified atom stereocenters. The number of aromatic amines is 1. The van der Waals surface area contributed by atoms with E-state index in [4.69, 9.17) is 10.5 Å². The molecule has 0 aromatic carbocycles. The van der Waals surface area contributed by atoms with E-state index >= 15 is 0 Å². The third kappa shape index (κ3) is 4.38. The summed E-state index contributed by atoms with van der Waals surface area (Å²) in [6, 6.07) is 1.73. The van der Waals surface area contributed by atoms with E-state index in [2.05, 4.69) is 22.0 Å². The lowest BCUT2D eigenvalue weighted by Gasteiger charge is -2.36. The van der Waals surface area contributed by atoms with E-state index in [1.165, 1.54) is 0 Å². The summed E-state index contributed by atoms with van der Waals surface area (Å²) in [5.41, 5.74) is 6.45. The summed E-state index contributed by atoms with van der Waals surface area (Å²) in [6.07, 6.45) is 3.12. The number of H-pyrrole nitrogens is 1. The first-order chi connectivity index (χ1) is 12.1. The number of morpholine rings is 1. The first kappa shape index (κ1) is 17.9. The van der Waals surface area contributed by atoms with Crippen LogP contribution in [0.4, 0.5) is 0 Å². The molecule has 138 valence electrons. The van der Waals surface area contributed by atoms with Crippen LogP contribution < -0.4 is 5.73 Å². The Bertz CT molecular complexity index is 617. The van der Waals surface area contributed by atoms with Gasteiger partial charge in [-0.25, -0.2) is 0 Å². The fraction of sp³-hybridized carbons (Fsp3) is 0.706. The molecule has 2 fully saturated rings. The van der Waals surface area contributed by atoms with Crippen LogP contribution in [0, 0.1) is 0 Å². The molecule has 3 N–H and O–H groups in total. The molecule has 0 spiro atoms. The highest BCUT2D eigenvalue weighted by Crippen LogP contribution is 2.26. The second-order valence-corrected chi connectivity index (χ2v) is 6.89. The fourth-order valence-corrected chi connectivity index (χ4v) is 3.61. The van der Waals surface area contributed by atoms with Gasteiger partial charge in [-0.2, -0.15) is 5.10 Å². The van der Waals surface area contributed by atoms with Crippen molar-refractivity contribution in [3.05, 3.63) is 17.5 Å². The molecule has 1 aromatic rings. The molecule has 2 aliphatic rings. The third-order valence-corrected chi connectivity index (χ3v) is 5.10. The highest BCUT2D eigenvalue weighted by Gasteiger charge is 2.28. The molecule has 0 bridgehead atoms. The largest absolute Gasteiger partial charge is 0.375 e. The van der Waals surface area contributed by atoms with Gasteiger partial charge < -0.3 is 15.4 Å². The van der Waals surface area contributed by atoms with Crippen molar-refractivity contribution in [2.45, 2.75) is 38.2 Å². The van der Waals surface area contributed by atoms with Gasteiger partial charge in [-0.1, -0.05) is 6.92 Å². The minimum absolute atomic E-state index is 0.156. The Kier molecular flexibility index (Phi) is 5.70. The second-order valence-electron chi connectivity index (χ2n) is 6.89. The summed E-state index contributed by atoms with van der Waals surface area (Å²) in [7, 11) is 0. The van der Waals surface area contributed by atoms with E-state index in [-0.39, 0.29) is 23.6 Å². The third-order valence-electron chi connectivity index (χ3n) is 5.10. The Balaban J connectivity index is 1.55. The van der Waals surface area contributed by atoms with Gasteiger partial charge in [0.15, 0.2) is 0 Å².